The predicted octanol–water partition coefficient (Wildman–Crippen LogP) is 3.21. The minimum atomic E-state index is -4.32. The molecule has 0 saturated carbocycles. The first-order valence-electron chi connectivity index (χ1n) is 8.11. The van der Waals surface area contributed by atoms with Crippen molar-refractivity contribution in [1.82, 2.24) is 15.3 Å². The molecule has 0 aliphatic heterocycles. The molecular formula is C18H21F3N4O. The van der Waals surface area contributed by atoms with Gasteiger partial charge >= 0.3 is 6.18 Å². The molecule has 0 aliphatic rings. The van der Waals surface area contributed by atoms with Gasteiger partial charge in [-0.05, 0) is 25.0 Å². The summed E-state index contributed by atoms with van der Waals surface area (Å²) in [6.45, 7) is 2.28. The molecule has 1 amide bonds. The second-order valence-corrected chi connectivity index (χ2v) is 6.22. The van der Waals surface area contributed by atoms with Crippen LogP contribution >= 0.6 is 0 Å². The number of nitrogens with one attached hydrogen (secondary N) is 1. The Morgan fingerprint density at radius 2 is 1.88 bits per heavy atom. The molecule has 0 spiro atoms. The van der Waals surface area contributed by atoms with E-state index in [1.807, 2.05) is 31.2 Å². The molecule has 2 aromatic rings. The number of carbonyl (C=O) groups excluding carboxylic acids is 1. The highest BCUT2D eigenvalue weighted by Crippen LogP contribution is 2.22. The van der Waals surface area contributed by atoms with Crippen LogP contribution in [-0.4, -0.2) is 41.7 Å². The van der Waals surface area contributed by atoms with Gasteiger partial charge in [-0.25, -0.2) is 9.97 Å². The molecule has 0 aliphatic carbocycles. The van der Waals surface area contributed by atoms with Crippen LogP contribution in [0.1, 0.15) is 19.4 Å². The van der Waals surface area contributed by atoms with Crippen molar-refractivity contribution in [1.29, 1.82) is 0 Å². The Bertz CT molecular complexity index is 747. The average Bonchev–Trinajstić information content (AvgIpc) is 2.53. The van der Waals surface area contributed by atoms with Crippen molar-refractivity contribution >= 4 is 11.9 Å². The maximum absolute atomic E-state index is 12.5. The van der Waals surface area contributed by atoms with Gasteiger partial charge in [-0.15, -0.1) is 0 Å². The zero-order chi connectivity index (χ0) is 19.3. The Kier molecular flexibility index (Phi) is 6.18. The van der Waals surface area contributed by atoms with E-state index in [9.17, 15) is 18.0 Å². The number of nitrogens with zero attached hydrogens (tertiary/aromatic N) is 3. The highest BCUT2D eigenvalue weighted by molar-refractivity contribution is 5.73. The molecule has 1 unspecified atom stereocenters. The third-order valence-electron chi connectivity index (χ3n) is 3.64. The maximum atomic E-state index is 12.5. The third kappa shape index (κ3) is 6.02. The number of halogens is 3. The van der Waals surface area contributed by atoms with E-state index in [-0.39, 0.29) is 17.9 Å². The number of carbonyl (C=O) groups is 1. The minimum Gasteiger partial charge on any atom is -0.354 e. The summed E-state index contributed by atoms with van der Waals surface area (Å²) in [5.74, 6) is -0.0613. The van der Waals surface area contributed by atoms with Crippen LogP contribution in [0, 0.1) is 0 Å². The molecule has 8 heteroatoms. The van der Waals surface area contributed by atoms with Crippen molar-refractivity contribution < 1.29 is 18.0 Å². The van der Waals surface area contributed by atoms with E-state index in [0.29, 0.717) is 12.1 Å². The van der Waals surface area contributed by atoms with Crippen molar-refractivity contribution in [2.75, 3.05) is 18.5 Å². The van der Waals surface area contributed by atoms with Crippen molar-refractivity contribution in [2.45, 2.75) is 32.5 Å². The molecule has 26 heavy (non-hydrogen) atoms. The lowest BCUT2D eigenvalue weighted by molar-refractivity contribution is -0.120. The summed E-state index contributed by atoms with van der Waals surface area (Å²) in [5.41, 5.74) is 2.37. The molecule has 5 nitrogen and oxygen atoms in total. The maximum Gasteiger partial charge on any atom is 0.406 e. The van der Waals surface area contributed by atoms with E-state index in [2.05, 4.69) is 15.3 Å². The zero-order valence-electron chi connectivity index (χ0n) is 14.8. The van der Waals surface area contributed by atoms with Crippen molar-refractivity contribution in [3.05, 3.63) is 42.1 Å². The topological polar surface area (TPSA) is 58.1 Å². The minimum absolute atomic E-state index is 0.0139. The number of amides is 1. The number of aromatic nitrogens is 2. The second-order valence-electron chi connectivity index (χ2n) is 6.22. The van der Waals surface area contributed by atoms with Gasteiger partial charge in [0, 0.05) is 31.8 Å². The monoisotopic (exact) mass is 366 g/mol. The number of anilines is 1. The molecule has 0 bridgehead atoms. The van der Waals surface area contributed by atoms with Crippen LogP contribution in [0.5, 0.6) is 0 Å². The van der Waals surface area contributed by atoms with Gasteiger partial charge in [0.1, 0.15) is 6.54 Å². The summed E-state index contributed by atoms with van der Waals surface area (Å²) < 4.78 is 37.6. The molecular weight excluding hydrogens is 345 g/mol. The molecule has 1 atom stereocenters. The Morgan fingerprint density at radius 3 is 2.46 bits per heavy atom. The normalized spacial score (nSPS) is 12.5. The lowest BCUT2D eigenvalue weighted by atomic mass is 10.0. The summed E-state index contributed by atoms with van der Waals surface area (Å²) >= 11 is 0. The first-order valence-corrected chi connectivity index (χ1v) is 8.11. The van der Waals surface area contributed by atoms with Gasteiger partial charge in [-0.1, -0.05) is 24.3 Å². The fraction of sp³-hybridized carbons (Fsp3) is 0.389. The number of rotatable bonds is 6. The summed E-state index contributed by atoms with van der Waals surface area (Å²) in [6.07, 6.45) is -2.19. The number of alkyl halides is 3. The fourth-order valence-corrected chi connectivity index (χ4v) is 2.60. The Hall–Kier alpha value is -2.64. The van der Waals surface area contributed by atoms with Gasteiger partial charge in [0.2, 0.25) is 11.9 Å². The summed E-state index contributed by atoms with van der Waals surface area (Å²) in [5, 5.41) is 2.82. The zero-order valence-corrected chi connectivity index (χ0v) is 14.8. The number of benzene rings is 1. The van der Waals surface area contributed by atoms with Gasteiger partial charge in [0.25, 0.3) is 0 Å². The van der Waals surface area contributed by atoms with Crippen LogP contribution in [0.15, 0.2) is 36.5 Å². The smallest absolute Gasteiger partial charge is 0.354 e. The van der Waals surface area contributed by atoms with Crippen molar-refractivity contribution in [3.63, 3.8) is 0 Å². The van der Waals surface area contributed by atoms with Crippen LogP contribution in [0.3, 0.4) is 0 Å². The lowest BCUT2D eigenvalue weighted by Crippen LogP contribution is -2.32. The SMILES string of the molecule is CC(=O)NC(C)Cc1ccc(-c2ccnc(N(C)CC(F)(F)F)n2)cc1. The molecule has 2 rings (SSSR count). The second kappa shape index (κ2) is 8.16. The third-order valence-corrected chi connectivity index (χ3v) is 3.64. The van der Waals surface area contributed by atoms with E-state index >= 15 is 0 Å². The predicted molar refractivity (Wildman–Crippen MR) is 93.8 cm³/mol. The van der Waals surface area contributed by atoms with E-state index in [4.69, 9.17) is 0 Å². The Morgan fingerprint density at radius 1 is 1.23 bits per heavy atom. The molecule has 1 N–H and O–H groups in total. The van der Waals surface area contributed by atoms with Crippen LogP contribution in [0.4, 0.5) is 19.1 Å². The summed E-state index contributed by atoms with van der Waals surface area (Å²) in [4.78, 5) is 20.1. The number of hydrogen-bond donors (Lipinski definition) is 1. The van der Waals surface area contributed by atoms with E-state index < -0.39 is 12.7 Å². The Labute approximate surface area is 150 Å². The van der Waals surface area contributed by atoms with Gasteiger partial charge in [0.05, 0.1) is 5.69 Å². The van der Waals surface area contributed by atoms with Crippen LogP contribution in [-0.2, 0) is 11.2 Å². The largest absolute Gasteiger partial charge is 0.406 e. The molecule has 0 fully saturated rings. The van der Waals surface area contributed by atoms with Gasteiger partial charge in [0.15, 0.2) is 0 Å². The van der Waals surface area contributed by atoms with Crippen LogP contribution < -0.4 is 10.2 Å². The van der Waals surface area contributed by atoms with Crippen molar-refractivity contribution in [2.24, 2.45) is 0 Å². The van der Waals surface area contributed by atoms with E-state index in [1.54, 1.807) is 6.07 Å². The molecule has 0 radical (unpaired) electrons. The van der Waals surface area contributed by atoms with E-state index in [0.717, 1.165) is 16.0 Å². The summed E-state index contributed by atoms with van der Waals surface area (Å²) in [6, 6.07) is 9.20. The van der Waals surface area contributed by atoms with E-state index in [1.165, 1.54) is 20.2 Å². The van der Waals surface area contributed by atoms with Gasteiger partial charge < -0.3 is 10.2 Å². The fourth-order valence-electron chi connectivity index (χ4n) is 2.60. The molecule has 0 saturated heterocycles. The van der Waals surface area contributed by atoms with Crippen LogP contribution in [0.25, 0.3) is 11.3 Å². The summed E-state index contributed by atoms with van der Waals surface area (Å²) in [7, 11) is 1.30. The molecule has 1 aromatic carbocycles. The first-order chi connectivity index (χ1) is 12.1. The molecule has 140 valence electrons. The standard InChI is InChI=1S/C18H21F3N4O/c1-12(23-13(2)26)10-14-4-6-15(7-5-14)16-8-9-22-17(24-16)25(3)11-18(19,20)21/h4-9,12H,10-11H2,1-3H3,(H,23,26). The lowest BCUT2D eigenvalue weighted by Gasteiger charge is -2.19. The molecule has 1 heterocycles. The van der Waals surface area contributed by atoms with Crippen LogP contribution in [0.2, 0.25) is 0 Å². The Balaban J connectivity index is 2.11. The first kappa shape index (κ1) is 19.7. The highest BCUT2D eigenvalue weighted by atomic mass is 19.4. The quantitative estimate of drug-likeness (QED) is 0.853. The average molecular weight is 366 g/mol. The van der Waals surface area contributed by atoms with Gasteiger partial charge in [-0.3, -0.25) is 4.79 Å². The highest BCUT2D eigenvalue weighted by Gasteiger charge is 2.30. The van der Waals surface area contributed by atoms with Gasteiger partial charge in [-0.2, -0.15) is 13.2 Å². The number of hydrogen-bond acceptors (Lipinski definition) is 4. The van der Waals surface area contributed by atoms with Crippen molar-refractivity contribution in [3.8, 4) is 11.3 Å². The molecule has 1 aromatic heterocycles.